The van der Waals surface area contributed by atoms with Crippen LogP contribution in [0.15, 0.2) is 36.4 Å². The van der Waals surface area contributed by atoms with Crippen LogP contribution in [0.2, 0.25) is 0 Å². The van der Waals surface area contributed by atoms with Crippen molar-refractivity contribution in [3.63, 3.8) is 0 Å². The summed E-state index contributed by atoms with van der Waals surface area (Å²) in [6.07, 6.45) is 9.40. The molecular formula is C20H32O2. The molecule has 0 aromatic heterocycles. The first-order chi connectivity index (χ1) is 10.7. The van der Waals surface area contributed by atoms with Crippen LogP contribution in [-0.4, -0.2) is 12.6 Å². The number of ether oxygens (including phenoxy) is 1. The minimum absolute atomic E-state index is 0.266. The molecule has 124 valence electrons. The Labute approximate surface area is 136 Å². The second-order valence-electron chi connectivity index (χ2n) is 5.20. The van der Waals surface area contributed by atoms with Crippen LogP contribution in [0.25, 0.3) is 5.57 Å². The van der Waals surface area contributed by atoms with E-state index >= 15 is 0 Å². The van der Waals surface area contributed by atoms with E-state index in [1.165, 1.54) is 32.1 Å². The molecule has 0 fully saturated rings. The lowest BCUT2D eigenvalue weighted by Gasteiger charge is -2.04. The Morgan fingerprint density at radius 3 is 2.00 bits per heavy atom. The van der Waals surface area contributed by atoms with Crippen LogP contribution in [0.1, 0.15) is 71.8 Å². The van der Waals surface area contributed by atoms with E-state index in [0.717, 1.165) is 17.6 Å². The van der Waals surface area contributed by atoms with Gasteiger partial charge in [-0.1, -0.05) is 83.2 Å². The monoisotopic (exact) mass is 304 g/mol. The molecule has 0 aliphatic heterocycles. The van der Waals surface area contributed by atoms with Gasteiger partial charge in [0.2, 0.25) is 0 Å². The highest BCUT2D eigenvalue weighted by Crippen LogP contribution is 2.17. The van der Waals surface area contributed by atoms with E-state index in [4.69, 9.17) is 4.74 Å². The molecule has 0 saturated carbocycles. The van der Waals surface area contributed by atoms with E-state index in [1.807, 2.05) is 37.3 Å². The number of rotatable bonds is 8. The van der Waals surface area contributed by atoms with Gasteiger partial charge in [-0.05, 0) is 24.5 Å². The van der Waals surface area contributed by atoms with Crippen LogP contribution < -0.4 is 0 Å². The first kappa shape index (κ1) is 20.4. The zero-order chi connectivity index (χ0) is 16.6. The maximum absolute atomic E-state index is 11.3. The molecule has 22 heavy (non-hydrogen) atoms. The summed E-state index contributed by atoms with van der Waals surface area (Å²) in [5.41, 5.74) is 2.09. The van der Waals surface area contributed by atoms with Gasteiger partial charge in [-0.15, -0.1) is 0 Å². The van der Waals surface area contributed by atoms with Gasteiger partial charge in [0.1, 0.15) is 0 Å². The minimum atomic E-state index is -0.266. The number of esters is 1. The highest BCUT2D eigenvalue weighted by atomic mass is 16.5. The molecule has 0 spiro atoms. The lowest BCUT2D eigenvalue weighted by atomic mass is 10.0. The maximum Gasteiger partial charge on any atom is 0.331 e. The third-order valence-electron chi connectivity index (χ3n) is 3.31. The van der Waals surface area contributed by atoms with Crippen LogP contribution in [0.3, 0.4) is 0 Å². The predicted molar refractivity (Wildman–Crippen MR) is 95.8 cm³/mol. The van der Waals surface area contributed by atoms with Gasteiger partial charge in [-0.25, -0.2) is 4.79 Å². The molecule has 0 amide bonds. The fourth-order valence-corrected chi connectivity index (χ4v) is 2.04. The number of allylic oxidation sites excluding steroid dienone is 1. The van der Waals surface area contributed by atoms with Gasteiger partial charge in [0.15, 0.2) is 0 Å². The molecule has 0 radical (unpaired) electrons. The molecule has 0 N–H and O–H groups in total. The average Bonchev–Trinajstić information content (AvgIpc) is 2.55. The number of carbonyl (C=O) groups is 1. The Morgan fingerprint density at radius 1 is 0.955 bits per heavy atom. The molecule has 2 nitrogen and oxygen atoms in total. The lowest BCUT2D eigenvalue weighted by Crippen LogP contribution is -2.00. The molecule has 0 aliphatic carbocycles. The minimum Gasteiger partial charge on any atom is -0.463 e. The molecule has 0 aliphatic rings. The van der Waals surface area contributed by atoms with Crippen molar-refractivity contribution in [3.8, 4) is 0 Å². The highest BCUT2D eigenvalue weighted by molar-refractivity contribution is 5.91. The van der Waals surface area contributed by atoms with Gasteiger partial charge >= 0.3 is 5.97 Å². The summed E-state index contributed by atoms with van der Waals surface area (Å²) in [5.74, 6) is -0.266. The Morgan fingerprint density at radius 2 is 1.55 bits per heavy atom. The molecule has 0 unspecified atom stereocenters. The summed E-state index contributed by atoms with van der Waals surface area (Å²) in [5, 5.41) is 0. The van der Waals surface area contributed by atoms with Crippen molar-refractivity contribution >= 4 is 11.5 Å². The first-order valence-corrected chi connectivity index (χ1v) is 8.62. The van der Waals surface area contributed by atoms with Crippen LogP contribution in [-0.2, 0) is 9.53 Å². The summed E-state index contributed by atoms with van der Waals surface area (Å²) in [6, 6.07) is 9.87. The van der Waals surface area contributed by atoms with E-state index < -0.39 is 0 Å². The molecule has 0 saturated heterocycles. The average molecular weight is 304 g/mol. The molecular weight excluding hydrogens is 272 g/mol. The van der Waals surface area contributed by atoms with E-state index in [0.29, 0.717) is 6.61 Å². The number of hydrogen-bond donors (Lipinski definition) is 0. The topological polar surface area (TPSA) is 26.3 Å². The van der Waals surface area contributed by atoms with Crippen molar-refractivity contribution in [2.75, 3.05) is 6.61 Å². The number of unbranched alkanes of at least 4 members (excludes halogenated alkanes) is 4. The number of carbonyl (C=O) groups excluding carboxylic acids is 1. The van der Waals surface area contributed by atoms with Crippen molar-refractivity contribution in [3.05, 3.63) is 42.0 Å². The van der Waals surface area contributed by atoms with Crippen molar-refractivity contribution in [2.45, 2.75) is 66.2 Å². The first-order valence-electron chi connectivity index (χ1n) is 8.62. The summed E-state index contributed by atoms with van der Waals surface area (Å²) < 4.78 is 4.88. The van der Waals surface area contributed by atoms with Crippen LogP contribution >= 0.6 is 0 Å². The maximum atomic E-state index is 11.3. The summed E-state index contributed by atoms with van der Waals surface area (Å²) in [6.45, 7) is 8.74. The Kier molecular flexibility index (Phi) is 13.3. The normalized spacial score (nSPS) is 10.6. The van der Waals surface area contributed by atoms with Gasteiger partial charge in [-0.2, -0.15) is 0 Å². The predicted octanol–water partition coefficient (Wildman–Crippen LogP) is 6.02. The molecule has 2 heteroatoms. The van der Waals surface area contributed by atoms with Crippen molar-refractivity contribution in [1.82, 2.24) is 0 Å². The molecule has 0 bridgehead atoms. The standard InChI is InChI=1S/C13H16O2.C7H16/c1-3-11(10-13(14)15-4-2)12-8-6-5-7-9-12;1-3-5-7-6-4-2/h5-10H,3-4H2,1-2H3;3-7H2,1-2H3/b11-10+;. The zero-order valence-electron chi connectivity index (χ0n) is 14.7. The van der Waals surface area contributed by atoms with Gasteiger partial charge in [0.25, 0.3) is 0 Å². The smallest absolute Gasteiger partial charge is 0.331 e. The second kappa shape index (κ2) is 14.4. The van der Waals surface area contributed by atoms with E-state index in [1.54, 1.807) is 13.0 Å². The number of benzene rings is 1. The fraction of sp³-hybridized carbons (Fsp3) is 0.550. The van der Waals surface area contributed by atoms with Gasteiger partial charge in [-0.3, -0.25) is 0 Å². The van der Waals surface area contributed by atoms with Gasteiger partial charge in [0.05, 0.1) is 6.61 Å². The quantitative estimate of drug-likeness (QED) is 0.333. The van der Waals surface area contributed by atoms with E-state index in [-0.39, 0.29) is 5.97 Å². The Hall–Kier alpha value is -1.57. The summed E-state index contributed by atoms with van der Waals surface area (Å²) >= 11 is 0. The van der Waals surface area contributed by atoms with E-state index in [9.17, 15) is 4.79 Å². The van der Waals surface area contributed by atoms with Crippen molar-refractivity contribution in [2.24, 2.45) is 0 Å². The lowest BCUT2D eigenvalue weighted by molar-refractivity contribution is -0.137. The van der Waals surface area contributed by atoms with Crippen LogP contribution in [0.4, 0.5) is 0 Å². The van der Waals surface area contributed by atoms with Crippen LogP contribution in [0.5, 0.6) is 0 Å². The molecule has 1 rings (SSSR count). The Bertz CT molecular complexity index is 403. The molecule has 1 aromatic carbocycles. The molecule has 1 aromatic rings. The second-order valence-corrected chi connectivity index (χ2v) is 5.20. The van der Waals surface area contributed by atoms with Crippen LogP contribution in [0, 0.1) is 0 Å². The summed E-state index contributed by atoms with van der Waals surface area (Å²) in [7, 11) is 0. The van der Waals surface area contributed by atoms with Crippen molar-refractivity contribution < 1.29 is 9.53 Å². The molecule has 0 heterocycles. The fourth-order valence-electron chi connectivity index (χ4n) is 2.04. The zero-order valence-corrected chi connectivity index (χ0v) is 14.7. The third kappa shape index (κ3) is 10.2. The van der Waals surface area contributed by atoms with Gasteiger partial charge in [0, 0.05) is 6.08 Å². The Balaban J connectivity index is 0.000000534. The van der Waals surface area contributed by atoms with Gasteiger partial charge < -0.3 is 4.74 Å². The SMILES string of the molecule is CCCCCCC.CCOC(=O)/C=C(\CC)c1ccccc1. The summed E-state index contributed by atoms with van der Waals surface area (Å²) in [4.78, 5) is 11.3. The largest absolute Gasteiger partial charge is 0.463 e. The third-order valence-corrected chi connectivity index (χ3v) is 3.31. The van der Waals surface area contributed by atoms with E-state index in [2.05, 4.69) is 13.8 Å². The number of hydrogen-bond acceptors (Lipinski definition) is 2. The molecule has 0 atom stereocenters. The van der Waals surface area contributed by atoms with Crippen molar-refractivity contribution in [1.29, 1.82) is 0 Å². The highest BCUT2D eigenvalue weighted by Gasteiger charge is 2.02.